The SMILES string of the molecule is CC(C)Oc1ccc(CNC(=O)C2CCC(N)C2)c(C(F)(F)F)c1.Cl. The monoisotopic (exact) mass is 380 g/mol. The van der Waals surface area contributed by atoms with Crippen molar-refractivity contribution in [3.63, 3.8) is 0 Å². The van der Waals surface area contributed by atoms with Crippen LogP contribution in [0.25, 0.3) is 0 Å². The van der Waals surface area contributed by atoms with Gasteiger partial charge in [-0.1, -0.05) is 6.07 Å². The Labute approximate surface area is 151 Å². The number of carbonyl (C=O) groups excluding carboxylic acids is 1. The smallest absolute Gasteiger partial charge is 0.416 e. The minimum atomic E-state index is -4.51. The first kappa shape index (κ1) is 21.6. The molecule has 1 saturated carbocycles. The van der Waals surface area contributed by atoms with Crippen molar-refractivity contribution in [2.75, 3.05) is 0 Å². The van der Waals surface area contributed by atoms with Gasteiger partial charge in [-0.2, -0.15) is 13.2 Å². The Hall–Kier alpha value is -1.47. The number of rotatable bonds is 5. The van der Waals surface area contributed by atoms with Crippen molar-refractivity contribution in [2.24, 2.45) is 11.7 Å². The lowest BCUT2D eigenvalue weighted by molar-refractivity contribution is -0.138. The average molecular weight is 381 g/mol. The molecule has 142 valence electrons. The molecule has 2 atom stereocenters. The number of amides is 1. The summed E-state index contributed by atoms with van der Waals surface area (Å²) < 4.78 is 45.1. The summed E-state index contributed by atoms with van der Waals surface area (Å²) in [6, 6.07) is 3.81. The van der Waals surface area contributed by atoms with Crippen LogP contribution in [0.15, 0.2) is 18.2 Å². The van der Waals surface area contributed by atoms with Gasteiger partial charge in [-0.25, -0.2) is 0 Å². The molecule has 1 amide bonds. The van der Waals surface area contributed by atoms with Gasteiger partial charge in [0.15, 0.2) is 0 Å². The van der Waals surface area contributed by atoms with Gasteiger partial charge in [-0.3, -0.25) is 4.79 Å². The van der Waals surface area contributed by atoms with Crippen LogP contribution in [0.5, 0.6) is 5.75 Å². The molecule has 0 heterocycles. The molecule has 2 rings (SSSR count). The van der Waals surface area contributed by atoms with Crippen molar-refractivity contribution in [3.8, 4) is 5.75 Å². The second-order valence-electron chi connectivity index (χ2n) is 6.47. The van der Waals surface area contributed by atoms with E-state index in [-0.39, 0.29) is 54.2 Å². The molecule has 3 N–H and O–H groups in total. The van der Waals surface area contributed by atoms with Crippen molar-refractivity contribution in [1.82, 2.24) is 5.32 Å². The summed E-state index contributed by atoms with van der Waals surface area (Å²) >= 11 is 0. The maximum Gasteiger partial charge on any atom is 0.416 e. The molecule has 0 aliphatic heterocycles. The zero-order valence-corrected chi connectivity index (χ0v) is 15.0. The summed E-state index contributed by atoms with van der Waals surface area (Å²) in [6.07, 6.45) is -2.69. The van der Waals surface area contributed by atoms with Crippen molar-refractivity contribution < 1.29 is 22.7 Å². The van der Waals surface area contributed by atoms with E-state index < -0.39 is 11.7 Å². The normalized spacial score (nSPS) is 20.3. The second-order valence-corrected chi connectivity index (χ2v) is 6.47. The average Bonchev–Trinajstić information content (AvgIpc) is 2.90. The second kappa shape index (κ2) is 8.76. The molecule has 25 heavy (non-hydrogen) atoms. The maximum atomic E-state index is 13.3. The summed E-state index contributed by atoms with van der Waals surface area (Å²) in [5.41, 5.74) is 5.00. The molecule has 0 spiro atoms. The van der Waals surface area contributed by atoms with Gasteiger partial charge in [0.1, 0.15) is 5.75 Å². The van der Waals surface area contributed by atoms with E-state index in [0.29, 0.717) is 12.8 Å². The van der Waals surface area contributed by atoms with Crippen LogP contribution in [0.1, 0.15) is 44.2 Å². The molecule has 1 aromatic carbocycles. The van der Waals surface area contributed by atoms with Crippen molar-refractivity contribution in [2.45, 2.75) is 58.0 Å². The first-order chi connectivity index (χ1) is 11.2. The van der Waals surface area contributed by atoms with Crippen LogP contribution < -0.4 is 15.8 Å². The van der Waals surface area contributed by atoms with Crippen LogP contribution in [0, 0.1) is 5.92 Å². The molecule has 1 aromatic rings. The van der Waals surface area contributed by atoms with Gasteiger partial charge in [-0.05, 0) is 50.8 Å². The predicted molar refractivity (Wildman–Crippen MR) is 91.6 cm³/mol. The fourth-order valence-electron chi connectivity index (χ4n) is 2.90. The molecule has 8 heteroatoms. The molecule has 0 aromatic heterocycles. The van der Waals surface area contributed by atoms with Crippen molar-refractivity contribution in [1.29, 1.82) is 0 Å². The fraction of sp³-hybridized carbons (Fsp3) is 0.588. The van der Waals surface area contributed by atoms with Gasteiger partial charge in [-0.15, -0.1) is 12.4 Å². The number of hydrogen-bond acceptors (Lipinski definition) is 3. The highest BCUT2D eigenvalue weighted by Crippen LogP contribution is 2.35. The highest BCUT2D eigenvalue weighted by molar-refractivity contribution is 5.85. The summed E-state index contributed by atoms with van der Waals surface area (Å²) in [6.45, 7) is 3.32. The quantitative estimate of drug-likeness (QED) is 0.819. The maximum absolute atomic E-state index is 13.3. The van der Waals surface area contributed by atoms with Crippen molar-refractivity contribution in [3.05, 3.63) is 29.3 Å². The van der Waals surface area contributed by atoms with Gasteiger partial charge in [0, 0.05) is 18.5 Å². The van der Waals surface area contributed by atoms with E-state index in [4.69, 9.17) is 10.5 Å². The van der Waals surface area contributed by atoms with Gasteiger partial charge in [0.25, 0.3) is 0 Å². The van der Waals surface area contributed by atoms with E-state index in [9.17, 15) is 18.0 Å². The van der Waals surface area contributed by atoms with Gasteiger partial charge < -0.3 is 15.8 Å². The lowest BCUT2D eigenvalue weighted by Gasteiger charge is -2.17. The van der Waals surface area contributed by atoms with Crippen LogP contribution in [0.4, 0.5) is 13.2 Å². The molecule has 1 aliphatic carbocycles. The van der Waals surface area contributed by atoms with E-state index in [1.807, 2.05) is 0 Å². The molecule has 2 unspecified atom stereocenters. The Morgan fingerprint density at radius 2 is 2.04 bits per heavy atom. The number of halogens is 4. The molecule has 1 fully saturated rings. The molecule has 0 bridgehead atoms. The number of benzene rings is 1. The molecular weight excluding hydrogens is 357 g/mol. The Morgan fingerprint density at radius 3 is 2.56 bits per heavy atom. The van der Waals surface area contributed by atoms with Crippen LogP contribution in [-0.2, 0) is 17.5 Å². The first-order valence-electron chi connectivity index (χ1n) is 8.07. The van der Waals surface area contributed by atoms with E-state index in [1.54, 1.807) is 13.8 Å². The number of nitrogens with one attached hydrogen (secondary N) is 1. The number of hydrogen-bond donors (Lipinski definition) is 2. The molecule has 0 saturated heterocycles. The number of ether oxygens (including phenoxy) is 1. The Balaban J connectivity index is 0.00000312. The van der Waals surface area contributed by atoms with E-state index in [2.05, 4.69) is 5.32 Å². The number of carbonyl (C=O) groups is 1. The van der Waals surface area contributed by atoms with Gasteiger partial charge in [0.2, 0.25) is 5.91 Å². The summed E-state index contributed by atoms with van der Waals surface area (Å²) in [7, 11) is 0. The first-order valence-corrected chi connectivity index (χ1v) is 8.07. The minimum Gasteiger partial charge on any atom is -0.491 e. The van der Waals surface area contributed by atoms with E-state index in [0.717, 1.165) is 12.5 Å². The summed E-state index contributed by atoms with van der Waals surface area (Å²) in [5.74, 6) is -0.286. The number of nitrogens with two attached hydrogens (primary N) is 1. The molecule has 1 aliphatic rings. The summed E-state index contributed by atoms with van der Waals surface area (Å²) in [4.78, 5) is 12.1. The third kappa shape index (κ3) is 6.08. The molecule has 0 radical (unpaired) electrons. The zero-order valence-electron chi connectivity index (χ0n) is 14.2. The predicted octanol–water partition coefficient (Wildman–Crippen LogP) is 3.66. The van der Waals surface area contributed by atoms with Gasteiger partial charge in [0.05, 0.1) is 11.7 Å². The standard InChI is InChI=1S/C17H23F3N2O2.ClH/c1-10(2)24-14-6-4-12(15(8-14)17(18,19)20)9-22-16(23)11-3-5-13(21)7-11;/h4,6,8,10-11,13H,3,5,7,9,21H2,1-2H3,(H,22,23);1H. The van der Waals surface area contributed by atoms with Crippen LogP contribution in [-0.4, -0.2) is 18.1 Å². The Morgan fingerprint density at radius 1 is 1.36 bits per heavy atom. The Bertz CT molecular complexity index is 594. The lowest BCUT2D eigenvalue weighted by atomic mass is 10.0. The third-order valence-corrected chi connectivity index (χ3v) is 4.06. The molecular formula is C17H24ClF3N2O2. The van der Waals surface area contributed by atoms with E-state index in [1.165, 1.54) is 12.1 Å². The topological polar surface area (TPSA) is 64.3 Å². The third-order valence-electron chi connectivity index (χ3n) is 4.06. The van der Waals surface area contributed by atoms with Crippen LogP contribution >= 0.6 is 12.4 Å². The number of alkyl halides is 3. The Kier molecular flexibility index (Phi) is 7.56. The largest absolute Gasteiger partial charge is 0.491 e. The zero-order chi connectivity index (χ0) is 17.9. The van der Waals surface area contributed by atoms with E-state index >= 15 is 0 Å². The summed E-state index contributed by atoms with van der Waals surface area (Å²) in [5, 5.41) is 2.60. The fourth-order valence-corrected chi connectivity index (χ4v) is 2.90. The highest BCUT2D eigenvalue weighted by atomic mass is 35.5. The lowest BCUT2D eigenvalue weighted by Crippen LogP contribution is -2.30. The highest BCUT2D eigenvalue weighted by Gasteiger charge is 2.34. The van der Waals surface area contributed by atoms with Crippen molar-refractivity contribution >= 4 is 18.3 Å². The minimum absolute atomic E-state index is 0. The van der Waals surface area contributed by atoms with Gasteiger partial charge >= 0.3 is 6.18 Å². The van der Waals surface area contributed by atoms with Crippen LogP contribution in [0.3, 0.4) is 0 Å². The van der Waals surface area contributed by atoms with Crippen LogP contribution in [0.2, 0.25) is 0 Å². The molecule has 4 nitrogen and oxygen atoms in total.